The number of nitrogens with zero attached hydrogens (tertiary/aromatic N) is 4. The summed E-state index contributed by atoms with van der Waals surface area (Å²) in [5, 5.41) is 5.70. The lowest BCUT2D eigenvalue weighted by atomic mass is 10.3. The lowest BCUT2D eigenvalue weighted by molar-refractivity contribution is 0.811. The van der Waals surface area contributed by atoms with Gasteiger partial charge in [-0.05, 0) is 44.5 Å². The van der Waals surface area contributed by atoms with Gasteiger partial charge in [-0.3, -0.25) is 0 Å². The van der Waals surface area contributed by atoms with Crippen LogP contribution in [0.4, 0.5) is 0 Å². The highest BCUT2D eigenvalue weighted by molar-refractivity contribution is 7.18. The molecule has 18 heavy (non-hydrogen) atoms. The molecule has 0 saturated heterocycles. The Morgan fingerprint density at radius 3 is 2.61 bits per heavy atom. The Kier molecular flexibility index (Phi) is 2.60. The van der Waals surface area contributed by atoms with Crippen LogP contribution >= 0.6 is 22.9 Å². The molecule has 3 aromatic rings. The molecule has 4 nitrogen and oxygen atoms in total. The number of halogens is 1. The molecule has 6 heteroatoms. The molecular weight excluding hydrogens is 268 g/mol. The third-order valence-corrected chi connectivity index (χ3v) is 3.79. The van der Waals surface area contributed by atoms with E-state index in [1.807, 2.05) is 31.5 Å². The summed E-state index contributed by atoms with van der Waals surface area (Å²) in [5.74, 6) is 0.750. The topological polar surface area (TPSA) is 43.6 Å². The number of thiophene rings is 1. The van der Waals surface area contributed by atoms with Crippen LogP contribution in [-0.4, -0.2) is 19.7 Å². The van der Waals surface area contributed by atoms with Crippen molar-refractivity contribution in [3.05, 3.63) is 33.7 Å². The molecule has 92 valence electrons. The Hall–Kier alpha value is -1.46. The first-order chi connectivity index (χ1) is 8.54. The monoisotopic (exact) mass is 278 g/mol. The van der Waals surface area contributed by atoms with Crippen LogP contribution in [0.1, 0.15) is 16.3 Å². The van der Waals surface area contributed by atoms with Crippen LogP contribution in [0.15, 0.2) is 12.1 Å². The van der Waals surface area contributed by atoms with E-state index in [1.165, 1.54) is 4.88 Å². The number of hydrogen-bond acceptors (Lipinski definition) is 4. The van der Waals surface area contributed by atoms with Gasteiger partial charge in [0, 0.05) is 10.6 Å². The van der Waals surface area contributed by atoms with E-state index in [9.17, 15) is 0 Å². The predicted octanol–water partition coefficient (Wildman–Crippen LogP) is 3.46. The third kappa shape index (κ3) is 1.79. The summed E-state index contributed by atoms with van der Waals surface area (Å²) in [6, 6.07) is 4.09. The van der Waals surface area contributed by atoms with Gasteiger partial charge in [-0.1, -0.05) is 0 Å². The van der Waals surface area contributed by atoms with Crippen molar-refractivity contribution in [2.45, 2.75) is 20.8 Å². The first kappa shape index (κ1) is 11.6. The van der Waals surface area contributed by atoms with Crippen LogP contribution < -0.4 is 0 Å². The normalized spacial score (nSPS) is 11.3. The summed E-state index contributed by atoms with van der Waals surface area (Å²) < 4.78 is 1.82. The average Bonchev–Trinajstić information content (AvgIpc) is 2.79. The highest BCUT2D eigenvalue weighted by Gasteiger charge is 2.13. The molecule has 0 saturated carbocycles. The summed E-state index contributed by atoms with van der Waals surface area (Å²) in [6.45, 7) is 6.01. The molecule has 0 bridgehead atoms. The van der Waals surface area contributed by atoms with E-state index in [1.54, 1.807) is 11.3 Å². The summed E-state index contributed by atoms with van der Waals surface area (Å²) in [7, 11) is 0. The summed E-state index contributed by atoms with van der Waals surface area (Å²) >= 11 is 7.60. The van der Waals surface area contributed by atoms with Gasteiger partial charge in [-0.2, -0.15) is 10.1 Å². The van der Waals surface area contributed by atoms with E-state index in [0.29, 0.717) is 0 Å². The molecule has 0 amide bonds. The zero-order valence-electron chi connectivity index (χ0n) is 10.2. The molecule has 0 unspecified atom stereocenters. The second-order valence-corrected chi connectivity index (χ2v) is 5.80. The number of aryl methyl sites for hydroxylation is 3. The van der Waals surface area contributed by atoms with Gasteiger partial charge in [0.2, 0.25) is 5.28 Å². The van der Waals surface area contributed by atoms with Gasteiger partial charge in [0.15, 0.2) is 5.82 Å². The molecule has 3 aromatic heterocycles. The van der Waals surface area contributed by atoms with Gasteiger partial charge in [0.05, 0.1) is 11.1 Å². The average molecular weight is 279 g/mol. The van der Waals surface area contributed by atoms with E-state index in [0.717, 1.165) is 27.4 Å². The standard InChI is InChI=1S/C12H11ClN4S/c1-6-4-7(2)17(16-6)10-9-5-8(3)18-11(9)15-12(13)14-10/h4-5H,1-3H3. The van der Waals surface area contributed by atoms with Gasteiger partial charge in [0.25, 0.3) is 0 Å². The smallest absolute Gasteiger partial charge is 0.219 e. The maximum Gasteiger partial charge on any atom is 0.225 e. The second kappa shape index (κ2) is 4.03. The SMILES string of the molecule is Cc1cc(C)n(-c2nc(Cl)nc3sc(C)cc23)n1. The Morgan fingerprint density at radius 2 is 1.94 bits per heavy atom. The van der Waals surface area contributed by atoms with E-state index >= 15 is 0 Å². The Morgan fingerprint density at radius 1 is 1.17 bits per heavy atom. The van der Waals surface area contributed by atoms with Gasteiger partial charge in [-0.15, -0.1) is 11.3 Å². The fourth-order valence-corrected chi connectivity index (χ4v) is 3.10. The number of rotatable bonds is 1. The van der Waals surface area contributed by atoms with Gasteiger partial charge in [0.1, 0.15) is 4.83 Å². The molecule has 0 aliphatic carbocycles. The molecular formula is C12H11ClN4S. The van der Waals surface area contributed by atoms with Crippen LogP contribution in [0.25, 0.3) is 16.0 Å². The zero-order chi connectivity index (χ0) is 12.9. The summed E-state index contributed by atoms with van der Waals surface area (Å²) in [5.41, 5.74) is 2.00. The minimum atomic E-state index is 0.256. The maximum atomic E-state index is 5.99. The van der Waals surface area contributed by atoms with Crippen molar-refractivity contribution >= 4 is 33.2 Å². The highest BCUT2D eigenvalue weighted by atomic mass is 35.5. The molecule has 0 atom stereocenters. The Balaban J connectivity index is 2.37. The molecule has 0 fully saturated rings. The van der Waals surface area contributed by atoms with Gasteiger partial charge in [-0.25, -0.2) is 9.67 Å². The van der Waals surface area contributed by atoms with Crippen molar-refractivity contribution < 1.29 is 0 Å². The van der Waals surface area contributed by atoms with Gasteiger partial charge < -0.3 is 0 Å². The first-order valence-electron chi connectivity index (χ1n) is 5.52. The molecule has 0 aliphatic heterocycles. The van der Waals surface area contributed by atoms with Crippen LogP contribution in [0.5, 0.6) is 0 Å². The number of fused-ring (bicyclic) bond motifs is 1. The van der Waals surface area contributed by atoms with E-state index in [4.69, 9.17) is 11.6 Å². The van der Waals surface area contributed by atoms with Crippen LogP contribution in [0.3, 0.4) is 0 Å². The molecule has 0 spiro atoms. The molecule has 0 N–H and O–H groups in total. The minimum Gasteiger partial charge on any atom is -0.219 e. The van der Waals surface area contributed by atoms with Crippen molar-refractivity contribution in [2.24, 2.45) is 0 Å². The maximum absolute atomic E-state index is 5.99. The summed E-state index contributed by atoms with van der Waals surface area (Å²) in [4.78, 5) is 10.7. The van der Waals surface area contributed by atoms with E-state index < -0.39 is 0 Å². The number of aromatic nitrogens is 4. The molecule has 3 heterocycles. The lowest BCUT2D eigenvalue weighted by Crippen LogP contribution is -2.03. The van der Waals surface area contributed by atoms with Crippen molar-refractivity contribution in [3.63, 3.8) is 0 Å². The highest BCUT2D eigenvalue weighted by Crippen LogP contribution is 2.29. The van der Waals surface area contributed by atoms with E-state index in [-0.39, 0.29) is 5.28 Å². The van der Waals surface area contributed by atoms with Crippen molar-refractivity contribution in [2.75, 3.05) is 0 Å². The fraction of sp³-hybridized carbons (Fsp3) is 0.250. The predicted molar refractivity (Wildman–Crippen MR) is 73.8 cm³/mol. The van der Waals surface area contributed by atoms with Crippen LogP contribution in [0.2, 0.25) is 5.28 Å². The molecule has 0 aromatic carbocycles. The van der Waals surface area contributed by atoms with Gasteiger partial charge >= 0.3 is 0 Å². The first-order valence-corrected chi connectivity index (χ1v) is 6.71. The second-order valence-electron chi connectivity index (χ2n) is 4.23. The van der Waals surface area contributed by atoms with E-state index in [2.05, 4.69) is 21.1 Å². The largest absolute Gasteiger partial charge is 0.225 e. The molecule has 3 rings (SSSR count). The fourth-order valence-electron chi connectivity index (χ4n) is 2.01. The zero-order valence-corrected chi connectivity index (χ0v) is 11.8. The van der Waals surface area contributed by atoms with Crippen LogP contribution in [0, 0.1) is 20.8 Å². The lowest BCUT2D eigenvalue weighted by Gasteiger charge is -2.04. The third-order valence-electron chi connectivity index (χ3n) is 2.68. The molecule has 0 aliphatic rings. The van der Waals surface area contributed by atoms with Crippen molar-refractivity contribution in [1.29, 1.82) is 0 Å². The quantitative estimate of drug-likeness (QED) is 0.640. The Bertz CT molecular complexity index is 744. The minimum absolute atomic E-state index is 0.256. The Labute approximate surface area is 113 Å². The van der Waals surface area contributed by atoms with Crippen molar-refractivity contribution in [1.82, 2.24) is 19.7 Å². The van der Waals surface area contributed by atoms with Crippen molar-refractivity contribution in [3.8, 4) is 5.82 Å². The summed E-state index contributed by atoms with van der Waals surface area (Å²) in [6.07, 6.45) is 0. The van der Waals surface area contributed by atoms with Crippen LogP contribution in [-0.2, 0) is 0 Å². The number of hydrogen-bond donors (Lipinski definition) is 0. The molecule has 0 radical (unpaired) electrons.